The monoisotopic (exact) mass is 350 g/mol. The van der Waals surface area contributed by atoms with Crippen molar-refractivity contribution in [3.63, 3.8) is 0 Å². The largest absolute Gasteiger partial charge is 0.393 e. The molecule has 0 radical (unpaired) electrons. The van der Waals surface area contributed by atoms with Crippen molar-refractivity contribution in [3.05, 3.63) is 45.5 Å². The predicted molar refractivity (Wildman–Crippen MR) is 81.4 cm³/mol. The van der Waals surface area contributed by atoms with Crippen LogP contribution in [0.5, 0.6) is 0 Å². The van der Waals surface area contributed by atoms with Gasteiger partial charge < -0.3 is 9.84 Å². The van der Waals surface area contributed by atoms with Crippen LogP contribution in [0.2, 0.25) is 5.02 Å². The molecule has 1 aromatic rings. The second-order valence-corrected chi connectivity index (χ2v) is 6.40. The summed E-state index contributed by atoms with van der Waals surface area (Å²) in [4.78, 5) is 37.0. The molecule has 4 rings (SSSR count). The van der Waals surface area contributed by atoms with E-state index in [1.165, 1.54) is 12.1 Å². The fraction of sp³-hybridized carbons (Fsp3) is 0.333. The third-order valence-corrected chi connectivity index (χ3v) is 5.01. The third-order valence-electron chi connectivity index (χ3n) is 4.78. The molecule has 1 N–H and O–H groups in total. The Morgan fingerprint density at radius 3 is 2.79 bits per heavy atom. The summed E-state index contributed by atoms with van der Waals surface area (Å²) in [5, 5.41) is 21.0. The second-order valence-electron chi connectivity index (χ2n) is 5.96. The Morgan fingerprint density at radius 1 is 1.38 bits per heavy atom. The number of rotatable bonds is 3. The van der Waals surface area contributed by atoms with Crippen molar-refractivity contribution >= 4 is 34.8 Å². The van der Waals surface area contributed by atoms with Gasteiger partial charge in [0.1, 0.15) is 11.3 Å². The average molecular weight is 351 g/mol. The van der Waals surface area contributed by atoms with Gasteiger partial charge in [0.25, 0.3) is 5.69 Å². The first-order chi connectivity index (χ1) is 11.4. The molecule has 3 aliphatic rings. The molecule has 4 atom stereocenters. The molecule has 0 saturated carbocycles. The Kier molecular flexibility index (Phi) is 3.08. The fourth-order valence-electron chi connectivity index (χ4n) is 3.75. The Morgan fingerprint density at radius 2 is 2.12 bits per heavy atom. The van der Waals surface area contributed by atoms with Gasteiger partial charge in [0.05, 0.1) is 29.5 Å². The van der Waals surface area contributed by atoms with Gasteiger partial charge in [-0.15, -0.1) is 0 Å². The lowest BCUT2D eigenvalue weighted by Gasteiger charge is -2.26. The van der Waals surface area contributed by atoms with Crippen molar-refractivity contribution in [1.29, 1.82) is 0 Å². The molecular formula is C15H11ClN2O6. The lowest BCUT2D eigenvalue weighted by Crippen LogP contribution is -2.43. The first-order valence-electron chi connectivity index (χ1n) is 7.19. The van der Waals surface area contributed by atoms with Crippen LogP contribution in [0.25, 0.3) is 0 Å². The van der Waals surface area contributed by atoms with Crippen LogP contribution in [0, 0.1) is 22.0 Å². The Hall–Kier alpha value is -2.29. The van der Waals surface area contributed by atoms with Gasteiger partial charge in [-0.2, -0.15) is 0 Å². The van der Waals surface area contributed by atoms with Gasteiger partial charge in [-0.3, -0.25) is 19.7 Å². The van der Waals surface area contributed by atoms with E-state index in [1.54, 1.807) is 12.2 Å². The van der Waals surface area contributed by atoms with Crippen molar-refractivity contribution in [1.82, 2.24) is 0 Å². The predicted octanol–water partition coefficient (Wildman–Crippen LogP) is 1.05. The number of hydrogen-bond donors (Lipinski definition) is 1. The highest BCUT2D eigenvalue weighted by molar-refractivity contribution is 6.31. The highest BCUT2D eigenvalue weighted by atomic mass is 35.5. The van der Waals surface area contributed by atoms with Crippen LogP contribution in [-0.4, -0.2) is 40.2 Å². The summed E-state index contributed by atoms with van der Waals surface area (Å²) in [6.07, 6.45) is 2.61. The molecule has 24 heavy (non-hydrogen) atoms. The number of carbonyl (C=O) groups is 2. The number of imide groups is 1. The van der Waals surface area contributed by atoms with E-state index < -0.39 is 52.6 Å². The number of fused-ring (bicyclic) bond motifs is 5. The van der Waals surface area contributed by atoms with Crippen LogP contribution in [0.4, 0.5) is 11.4 Å². The number of nitrogens with zero attached hydrogens (tertiary/aromatic N) is 2. The van der Waals surface area contributed by atoms with Crippen molar-refractivity contribution in [2.24, 2.45) is 11.8 Å². The maximum Gasteiger partial charge on any atom is 0.294 e. The fourth-order valence-corrected chi connectivity index (χ4v) is 3.92. The zero-order chi connectivity index (χ0) is 17.2. The Labute approximate surface area is 140 Å². The van der Waals surface area contributed by atoms with Crippen molar-refractivity contribution in [2.75, 3.05) is 11.5 Å². The van der Waals surface area contributed by atoms with E-state index in [4.69, 9.17) is 16.3 Å². The van der Waals surface area contributed by atoms with Crippen molar-refractivity contribution in [2.45, 2.75) is 11.7 Å². The zero-order valence-corrected chi connectivity index (χ0v) is 12.8. The average Bonchev–Trinajstić information content (AvgIpc) is 3.19. The van der Waals surface area contributed by atoms with E-state index in [-0.39, 0.29) is 10.7 Å². The van der Waals surface area contributed by atoms with Crippen LogP contribution in [0.15, 0.2) is 30.4 Å². The van der Waals surface area contributed by atoms with E-state index in [0.717, 1.165) is 11.0 Å². The van der Waals surface area contributed by atoms with Gasteiger partial charge in [-0.25, -0.2) is 4.90 Å². The zero-order valence-electron chi connectivity index (χ0n) is 12.1. The van der Waals surface area contributed by atoms with Crippen LogP contribution in [-0.2, 0) is 14.3 Å². The summed E-state index contributed by atoms with van der Waals surface area (Å²) < 4.78 is 5.61. The van der Waals surface area contributed by atoms with Crippen LogP contribution < -0.4 is 4.90 Å². The maximum atomic E-state index is 12.8. The SMILES string of the molecule is O=C1[C@H]2[C@@H](C(=O)N1c1ccc(Cl)cc1[N+](=O)[O-])[C@]1(CO)C=C[C@H]2O1. The van der Waals surface area contributed by atoms with Crippen LogP contribution in [0.3, 0.4) is 0 Å². The van der Waals surface area contributed by atoms with E-state index in [0.29, 0.717) is 0 Å². The number of hydrogen-bond acceptors (Lipinski definition) is 6. The number of carbonyl (C=O) groups excluding carboxylic acids is 2. The second kappa shape index (κ2) is 4.85. The maximum absolute atomic E-state index is 12.8. The highest BCUT2D eigenvalue weighted by Gasteiger charge is 2.68. The highest BCUT2D eigenvalue weighted by Crippen LogP contribution is 2.53. The molecule has 0 spiro atoms. The number of halogens is 1. The molecule has 9 heteroatoms. The number of benzene rings is 1. The first-order valence-corrected chi connectivity index (χ1v) is 7.57. The Balaban J connectivity index is 1.82. The molecule has 0 aromatic heterocycles. The van der Waals surface area contributed by atoms with Gasteiger partial charge in [-0.1, -0.05) is 23.8 Å². The van der Waals surface area contributed by atoms with Gasteiger partial charge in [0.15, 0.2) is 0 Å². The third kappa shape index (κ3) is 1.75. The van der Waals surface area contributed by atoms with E-state index in [2.05, 4.69) is 0 Å². The van der Waals surface area contributed by atoms with Crippen molar-refractivity contribution < 1.29 is 24.4 Å². The smallest absolute Gasteiger partial charge is 0.294 e. The van der Waals surface area contributed by atoms with E-state index >= 15 is 0 Å². The summed E-state index contributed by atoms with van der Waals surface area (Å²) in [7, 11) is 0. The minimum atomic E-state index is -1.24. The molecule has 1 aromatic carbocycles. The molecule has 2 saturated heterocycles. The van der Waals surface area contributed by atoms with Crippen LogP contribution in [0.1, 0.15) is 0 Å². The number of ether oxygens (including phenoxy) is 1. The number of anilines is 1. The number of nitro benzene ring substituents is 1. The minimum Gasteiger partial charge on any atom is -0.393 e. The molecular weight excluding hydrogens is 340 g/mol. The lowest BCUT2D eigenvalue weighted by atomic mass is 9.77. The molecule has 3 heterocycles. The number of aliphatic hydroxyl groups excluding tert-OH is 1. The minimum absolute atomic E-state index is 0.124. The molecule has 124 valence electrons. The molecule has 2 amide bonds. The Bertz CT molecular complexity index is 824. The molecule has 8 nitrogen and oxygen atoms in total. The quantitative estimate of drug-likeness (QED) is 0.377. The van der Waals surface area contributed by atoms with Gasteiger partial charge >= 0.3 is 0 Å². The van der Waals surface area contributed by atoms with E-state index in [1.807, 2.05) is 0 Å². The molecule has 0 unspecified atom stereocenters. The number of aliphatic hydroxyl groups is 1. The topological polar surface area (TPSA) is 110 Å². The summed E-state index contributed by atoms with van der Waals surface area (Å²) in [6, 6.07) is 3.75. The number of amides is 2. The standard InChI is InChI=1S/C15H11ClN2O6/c16-7-1-2-8(9(5-7)18(22)23)17-13(20)11-10-3-4-15(6-19,24-10)12(11)14(17)21/h1-5,10-12,19H,6H2/t10-,11-,12+,15-/m1/s1. The summed E-state index contributed by atoms with van der Waals surface area (Å²) in [5.74, 6) is -2.86. The van der Waals surface area contributed by atoms with Gasteiger partial charge in [0, 0.05) is 11.1 Å². The lowest BCUT2D eigenvalue weighted by molar-refractivity contribution is -0.384. The molecule has 2 bridgehead atoms. The normalized spacial score (nSPS) is 33.4. The summed E-state index contributed by atoms with van der Waals surface area (Å²) in [6.45, 7) is -0.448. The first kappa shape index (κ1) is 15.3. The molecule has 0 aliphatic carbocycles. The molecule has 3 aliphatic heterocycles. The van der Waals surface area contributed by atoms with Crippen LogP contribution >= 0.6 is 11.6 Å². The molecule has 2 fully saturated rings. The van der Waals surface area contributed by atoms with Crippen molar-refractivity contribution in [3.8, 4) is 0 Å². The van der Waals surface area contributed by atoms with Gasteiger partial charge in [0.2, 0.25) is 11.8 Å². The summed E-state index contributed by atoms with van der Waals surface area (Å²) in [5.41, 5.74) is -1.79. The van der Waals surface area contributed by atoms with Gasteiger partial charge in [-0.05, 0) is 12.1 Å². The summed E-state index contributed by atoms with van der Waals surface area (Å²) >= 11 is 5.78. The number of nitro groups is 1. The van der Waals surface area contributed by atoms with E-state index in [9.17, 15) is 24.8 Å².